The molecular formula is C24H47NO5. The van der Waals surface area contributed by atoms with Crippen molar-refractivity contribution >= 4 is 11.7 Å². The minimum atomic E-state index is -1.64. The van der Waals surface area contributed by atoms with Crippen molar-refractivity contribution in [3.8, 4) is 0 Å². The van der Waals surface area contributed by atoms with Crippen molar-refractivity contribution in [3.05, 3.63) is 0 Å². The lowest BCUT2D eigenvalue weighted by Crippen LogP contribution is -2.60. The number of Topliss-reactive ketones (excluding diaryl/α,β-unsaturated/α-hetero) is 1. The van der Waals surface area contributed by atoms with Gasteiger partial charge in [-0.1, -0.05) is 85.0 Å². The molecule has 4 unspecified atom stereocenters. The maximum absolute atomic E-state index is 13.2. The number of aliphatic hydroxyl groups is 2. The summed E-state index contributed by atoms with van der Waals surface area (Å²) in [4.78, 5) is 25.9. The molecule has 0 fully saturated rings. The van der Waals surface area contributed by atoms with E-state index in [4.69, 9.17) is 10.5 Å². The molecule has 178 valence electrons. The second kappa shape index (κ2) is 16.7. The van der Waals surface area contributed by atoms with Crippen molar-refractivity contribution in [2.24, 2.45) is 17.1 Å². The molecule has 6 heteroatoms. The molecule has 6 nitrogen and oxygen atoms in total. The molecule has 0 aliphatic heterocycles. The maximum atomic E-state index is 13.2. The highest BCUT2D eigenvalue weighted by atomic mass is 16.5. The van der Waals surface area contributed by atoms with Crippen LogP contribution in [0.2, 0.25) is 0 Å². The summed E-state index contributed by atoms with van der Waals surface area (Å²) in [6, 6.07) is 0. The highest BCUT2D eigenvalue weighted by Crippen LogP contribution is 2.42. The molecule has 0 spiro atoms. The fraction of sp³-hybridized carbons (Fsp3) is 0.917. The maximum Gasteiger partial charge on any atom is 0.234 e. The Morgan fingerprint density at radius 1 is 0.900 bits per heavy atom. The molecule has 4 atom stereocenters. The van der Waals surface area contributed by atoms with Gasteiger partial charge in [-0.05, 0) is 25.2 Å². The molecule has 0 heterocycles. The highest BCUT2D eigenvalue weighted by Gasteiger charge is 2.56. The van der Waals surface area contributed by atoms with Crippen LogP contribution in [-0.4, -0.2) is 47.8 Å². The van der Waals surface area contributed by atoms with Gasteiger partial charge in [-0.2, -0.15) is 0 Å². The molecule has 0 bridgehead atoms. The fourth-order valence-electron chi connectivity index (χ4n) is 4.79. The van der Waals surface area contributed by atoms with E-state index < -0.39 is 35.9 Å². The van der Waals surface area contributed by atoms with Crippen LogP contribution in [0.25, 0.3) is 0 Å². The number of methoxy groups -OCH3 is 1. The number of primary amides is 1. The molecular weight excluding hydrogens is 382 g/mol. The number of ketones is 1. The van der Waals surface area contributed by atoms with Crippen LogP contribution in [0.3, 0.4) is 0 Å². The number of nitrogens with two attached hydrogens (primary N) is 1. The summed E-state index contributed by atoms with van der Waals surface area (Å²) in [6.07, 6.45) is 10.9. The van der Waals surface area contributed by atoms with Gasteiger partial charge in [0.25, 0.3) is 0 Å². The number of carbonyl (C=O) groups excluding carboxylic acids is 2. The first-order valence-corrected chi connectivity index (χ1v) is 12.0. The minimum absolute atomic E-state index is 0.317. The Morgan fingerprint density at radius 2 is 1.43 bits per heavy atom. The molecule has 0 aliphatic rings. The zero-order valence-corrected chi connectivity index (χ0v) is 19.8. The van der Waals surface area contributed by atoms with Crippen LogP contribution >= 0.6 is 0 Å². The second-order valence-electron chi connectivity index (χ2n) is 8.53. The van der Waals surface area contributed by atoms with Crippen LogP contribution in [0, 0.1) is 11.3 Å². The van der Waals surface area contributed by atoms with E-state index in [1.165, 1.54) is 45.6 Å². The largest absolute Gasteiger partial charge is 0.393 e. The smallest absolute Gasteiger partial charge is 0.234 e. The summed E-state index contributed by atoms with van der Waals surface area (Å²) in [6.45, 7) is 5.34. The van der Waals surface area contributed by atoms with Gasteiger partial charge in [0.1, 0.15) is 11.5 Å². The van der Waals surface area contributed by atoms with Gasteiger partial charge in [0.2, 0.25) is 5.91 Å². The van der Waals surface area contributed by atoms with E-state index in [0.717, 1.165) is 25.7 Å². The van der Waals surface area contributed by atoms with Crippen molar-refractivity contribution in [1.29, 1.82) is 0 Å². The van der Waals surface area contributed by atoms with Crippen LogP contribution in [0.4, 0.5) is 0 Å². The third-order valence-electron chi connectivity index (χ3n) is 6.39. The molecule has 1 amide bonds. The molecule has 0 aromatic rings. The van der Waals surface area contributed by atoms with E-state index in [-0.39, 0.29) is 5.92 Å². The van der Waals surface area contributed by atoms with Crippen molar-refractivity contribution in [3.63, 3.8) is 0 Å². The lowest BCUT2D eigenvalue weighted by Gasteiger charge is -2.42. The topological polar surface area (TPSA) is 110 Å². The first-order valence-electron chi connectivity index (χ1n) is 12.0. The lowest BCUT2D eigenvalue weighted by molar-refractivity contribution is -0.165. The Morgan fingerprint density at radius 3 is 1.83 bits per heavy atom. The SMILES string of the molecule is CCCCCCCCCCCC(CCC)C(C(N)=O)(C(=O)C(O)CO)C(CC)OC. The number of unbranched alkanes of at least 4 members (excludes halogenated alkanes) is 8. The number of aliphatic hydroxyl groups excluding tert-OH is 2. The number of rotatable bonds is 20. The standard InChI is InChI=1S/C24H47NO5/c1-5-8-9-10-11-12-13-14-15-17-19(16-6-2)24(23(25)29,21(7-3)30-4)22(28)20(27)18-26/h19-21,26-27H,5-18H2,1-4H3,(H2,25,29). The Kier molecular flexibility index (Phi) is 16.1. The van der Waals surface area contributed by atoms with Gasteiger partial charge >= 0.3 is 0 Å². The zero-order valence-electron chi connectivity index (χ0n) is 19.8. The average molecular weight is 430 g/mol. The summed E-state index contributed by atoms with van der Waals surface area (Å²) in [7, 11) is 1.46. The molecule has 0 radical (unpaired) electrons. The third kappa shape index (κ3) is 8.27. The average Bonchev–Trinajstić information content (AvgIpc) is 2.74. The Balaban J connectivity index is 5.28. The van der Waals surface area contributed by atoms with E-state index in [9.17, 15) is 19.8 Å². The summed E-state index contributed by atoms with van der Waals surface area (Å²) in [5.41, 5.74) is 4.20. The first kappa shape index (κ1) is 29.0. The molecule has 0 saturated heterocycles. The van der Waals surface area contributed by atoms with Crippen LogP contribution in [0.5, 0.6) is 0 Å². The minimum Gasteiger partial charge on any atom is -0.393 e. The highest BCUT2D eigenvalue weighted by molar-refractivity contribution is 6.08. The van der Waals surface area contributed by atoms with Crippen LogP contribution in [0.15, 0.2) is 0 Å². The Bertz CT molecular complexity index is 467. The summed E-state index contributed by atoms with van der Waals surface area (Å²) >= 11 is 0. The van der Waals surface area contributed by atoms with E-state index >= 15 is 0 Å². The Labute approximate surface area is 183 Å². The van der Waals surface area contributed by atoms with Crippen LogP contribution in [0.1, 0.15) is 104 Å². The molecule has 4 N–H and O–H groups in total. The number of ether oxygens (including phenoxy) is 1. The van der Waals surface area contributed by atoms with Crippen LogP contribution in [-0.2, 0) is 14.3 Å². The molecule has 0 saturated carbocycles. The van der Waals surface area contributed by atoms with Gasteiger partial charge in [-0.3, -0.25) is 9.59 Å². The summed E-state index contributed by atoms with van der Waals surface area (Å²) in [5.74, 6) is -1.79. The van der Waals surface area contributed by atoms with E-state index in [2.05, 4.69) is 6.92 Å². The summed E-state index contributed by atoms with van der Waals surface area (Å²) in [5, 5.41) is 19.5. The van der Waals surface area contributed by atoms with Crippen molar-refractivity contribution in [2.75, 3.05) is 13.7 Å². The van der Waals surface area contributed by atoms with E-state index in [1.807, 2.05) is 13.8 Å². The fourth-order valence-corrected chi connectivity index (χ4v) is 4.79. The molecule has 30 heavy (non-hydrogen) atoms. The van der Waals surface area contributed by atoms with Gasteiger partial charge in [-0.25, -0.2) is 0 Å². The first-order chi connectivity index (χ1) is 14.4. The number of hydrogen-bond acceptors (Lipinski definition) is 5. The molecule has 0 aromatic carbocycles. The number of carbonyl (C=O) groups is 2. The lowest BCUT2D eigenvalue weighted by atomic mass is 9.62. The zero-order chi connectivity index (χ0) is 23.0. The molecule has 0 rings (SSSR count). The Hall–Kier alpha value is -0.980. The number of hydrogen-bond donors (Lipinski definition) is 3. The molecule has 0 aromatic heterocycles. The monoisotopic (exact) mass is 429 g/mol. The van der Waals surface area contributed by atoms with E-state index in [0.29, 0.717) is 19.3 Å². The third-order valence-corrected chi connectivity index (χ3v) is 6.39. The van der Waals surface area contributed by atoms with Crippen molar-refractivity contribution < 1.29 is 24.5 Å². The van der Waals surface area contributed by atoms with Crippen LogP contribution < -0.4 is 5.73 Å². The summed E-state index contributed by atoms with van der Waals surface area (Å²) < 4.78 is 5.55. The van der Waals surface area contributed by atoms with Crippen molar-refractivity contribution in [2.45, 2.75) is 116 Å². The normalized spacial score (nSPS) is 16.6. The predicted molar refractivity (Wildman–Crippen MR) is 121 cm³/mol. The predicted octanol–water partition coefficient (Wildman–Crippen LogP) is 4.14. The van der Waals surface area contributed by atoms with Crippen molar-refractivity contribution in [1.82, 2.24) is 0 Å². The van der Waals surface area contributed by atoms with Gasteiger partial charge in [-0.15, -0.1) is 0 Å². The second-order valence-corrected chi connectivity index (χ2v) is 8.53. The number of amides is 1. The van der Waals surface area contributed by atoms with Gasteiger partial charge in [0.05, 0.1) is 12.7 Å². The quantitative estimate of drug-likeness (QED) is 0.199. The van der Waals surface area contributed by atoms with E-state index in [1.54, 1.807) is 0 Å². The van der Waals surface area contributed by atoms with Gasteiger partial charge in [0.15, 0.2) is 5.78 Å². The molecule has 0 aliphatic carbocycles. The van der Waals surface area contributed by atoms with Gasteiger partial charge < -0.3 is 20.7 Å². The van der Waals surface area contributed by atoms with Gasteiger partial charge in [0, 0.05) is 7.11 Å².